The molecule has 0 aliphatic carbocycles. The lowest BCUT2D eigenvalue weighted by Crippen LogP contribution is -2.37. The third kappa shape index (κ3) is 4.29. The number of aliphatic imine (C=N–C) groups is 1. The molecule has 1 aromatic heterocycles. The van der Waals surface area contributed by atoms with E-state index < -0.39 is 0 Å². The molecule has 1 aromatic carbocycles. The second-order valence-electron chi connectivity index (χ2n) is 7.75. The number of hydrogen-bond donors (Lipinski definition) is 1. The molecule has 0 amide bonds. The van der Waals surface area contributed by atoms with Gasteiger partial charge in [0.15, 0.2) is 17.4 Å². The fourth-order valence-electron chi connectivity index (χ4n) is 3.62. The number of H-pyrrole nitrogens is 1. The lowest BCUT2D eigenvalue weighted by atomic mass is 10.1. The van der Waals surface area contributed by atoms with Gasteiger partial charge in [0.05, 0.1) is 12.5 Å². The molecule has 1 N–H and O–H groups in total. The van der Waals surface area contributed by atoms with Gasteiger partial charge in [0, 0.05) is 35.3 Å². The first-order valence-corrected chi connectivity index (χ1v) is 9.92. The number of nitrogens with zero attached hydrogens (tertiary/aromatic N) is 2. The smallest absolute Gasteiger partial charge is 0.165 e. The highest BCUT2D eigenvalue weighted by Crippen LogP contribution is 2.23. The summed E-state index contributed by atoms with van der Waals surface area (Å²) < 4.78 is 19.3. The van der Waals surface area contributed by atoms with Crippen molar-refractivity contribution < 1.29 is 9.13 Å². The van der Waals surface area contributed by atoms with Crippen LogP contribution in [0.4, 0.5) is 4.39 Å². The molecule has 0 atom stereocenters. The second-order valence-corrected chi connectivity index (χ2v) is 7.75. The van der Waals surface area contributed by atoms with Crippen molar-refractivity contribution in [3.05, 3.63) is 40.7 Å². The molecule has 2 heterocycles. The molecule has 1 aliphatic heterocycles. The van der Waals surface area contributed by atoms with Crippen molar-refractivity contribution in [2.24, 2.45) is 4.99 Å². The Kier molecular flexibility index (Phi) is 6.22. The van der Waals surface area contributed by atoms with E-state index >= 15 is 0 Å². The number of benzene rings is 1. The summed E-state index contributed by atoms with van der Waals surface area (Å²) in [5.74, 6) is 0.870. The Labute approximate surface area is 166 Å². The molecule has 150 valence electrons. The number of methoxy groups -OCH3 is 1. The van der Waals surface area contributed by atoms with E-state index in [1.54, 1.807) is 6.07 Å². The Morgan fingerprint density at radius 2 is 1.79 bits per heavy atom. The van der Waals surface area contributed by atoms with Gasteiger partial charge in [-0.15, -0.1) is 0 Å². The Balaban J connectivity index is 2.24. The van der Waals surface area contributed by atoms with E-state index in [9.17, 15) is 4.39 Å². The van der Waals surface area contributed by atoms with Gasteiger partial charge in [-0.2, -0.15) is 0 Å². The molecule has 4 nitrogen and oxygen atoms in total. The maximum Gasteiger partial charge on any atom is 0.165 e. The average Bonchev–Trinajstić information content (AvgIpc) is 3.12. The highest BCUT2D eigenvalue weighted by atomic mass is 19.1. The summed E-state index contributed by atoms with van der Waals surface area (Å²) in [7, 11) is 1.48. The van der Waals surface area contributed by atoms with Crippen LogP contribution in [0.15, 0.2) is 29.3 Å². The Morgan fingerprint density at radius 3 is 2.36 bits per heavy atom. The van der Waals surface area contributed by atoms with E-state index in [0.717, 1.165) is 46.4 Å². The Hall–Kier alpha value is -2.56. The summed E-state index contributed by atoms with van der Waals surface area (Å²) in [6.45, 7) is 10.3. The first-order valence-electron chi connectivity index (χ1n) is 9.92. The fourth-order valence-corrected chi connectivity index (χ4v) is 3.62. The van der Waals surface area contributed by atoms with Gasteiger partial charge < -0.3 is 14.6 Å². The standard InChI is InChI=1S/C23H30FN3O/c1-15(2)18-14-20(17-9-10-21(28-5)19(24)13-17)26-22(18)23(25-16(3)4)27-11-7-6-8-12-27/h9-10,13-14,26H,6-8,11-12H2,1-5H3/b23-22-. The minimum Gasteiger partial charge on any atom is -0.494 e. The van der Waals surface area contributed by atoms with Crippen LogP contribution in [0.2, 0.25) is 0 Å². The average molecular weight is 384 g/mol. The topological polar surface area (TPSA) is 40.6 Å². The molecule has 28 heavy (non-hydrogen) atoms. The molecule has 0 bridgehead atoms. The third-order valence-electron chi connectivity index (χ3n) is 5.03. The number of hydrogen-bond acceptors (Lipinski definition) is 3. The number of ether oxygens (including phenoxy) is 1. The zero-order valence-corrected chi connectivity index (χ0v) is 17.5. The summed E-state index contributed by atoms with van der Waals surface area (Å²) in [6, 6.07) is 7.15. The number of nitrogens with one attached hydrogen (secondary N) is 1. The summed E-state index contributed by atoms with van der Waals surface area (Å²) >= 11 is 0. The van der Waals surface area contributed by atoms with Crippen LogP contribution in [0.5, 0.6) is 5.75 Å². The van der Waals surface area contributed by atoms with Gasteiger partial charge >= 0.3 is 0 Å². The van der Waals surface area contributed by atoms with Crippen LogP contribution >= 0.6 is 0 Å². The SMILES string of the molecule is COc1ccc(-c2cc(=C(C)C)/c(=C(\N=C(C)C)N3CCCCC3)[nH]2)cc1F. The summed E-state index contributed by atoms with van der Waals surface area (Å²) in [5, 5.41) is 2.13. The van der Waals surface area contributed by atoms with E-state index in [0.29, 0.717) is 0 Å². The lowest BCUT2D eigenvalue weighted by molar-refractivity contribution is 0.319. The van der Waals surface area contributed by atoms with E-state index in [1.165, 1.54) is 38.0 Å². The summed E-state index contributed by atoms with van der Waals surface area (Å²) in [6.07, 6.45) is 3.64. The number of piperidine rings is 1. The number of halogens is 1. The molecule has 0 saturated carbocycles. The molecule has 1 saturated heterocycles. The number of aromatic amines is 1. The maximum atomic E-state index is 14.2. The summed E-state index contributed by atoms with van der Waals surface area (Å²) in [4.78, 5) is 10.8. The van der Waals surface area contributed by atoms with Gasteiger partial charge in [-0.1, -0.05) is 5.57 Å². The predicted octanol–water partition coefficient (Wildman–Crippen LogP) is 4.05. The fraction of sp³-hybridized carbons (Fsp3) is 0.435. The lowest BCUT2D eigenvalue weighted by Gasteiger charge is -2.28. The largest absolute Gasteiger partial charge is 0.494 e. The highest BCUT2D eigenvalue weighted by Gasteiger charge is 2.16. The van der Waals surface area contributed by atoms with Gasteiger partial charge in [-0.25, -0.2) is 9.38 Å². The van der Waals surface area contributed by atoms with E-state index in [4.69, 9.17) is 9.73 Å². The van der Waals surface area contributed by atoms with Crippen molar-refractivity contribution in [3.63, 3.8) is 0 Å². The monoisotopic (exact) mass is 383 g/mol. The van der Waals surface area contributed by atoms with Crippen LogP contribution in [0.3, 0.4) is 0 Å². The first-order chi connectivity index (χ1) is 13.4. The van der Waals surface area contributed by atoms with E-state index in [2.05, 4.69) is 29.8 Å². The maximum absolute atomic E-state index is 14.2. The van der Waals surface area contributed by atoms with Crippen molar-refractivity contribution in [1.29, 1.82) is 0 Å². The quantitative estimate of drug-likeness (QED) is 0.809. The molecule has 5 heteroatoms. The van der Waals surface area contributed by atoms with Crippen molar-refractivity contribution in [2.45, 2.75) is 47.0 Å². The first kappa shape index (κ1) is 20.2. The van der Waals surface area contributed by atoms with Crippen molar-refractivity contribution in [3.8, 4) is 17.0 Å². The number of likely N-dealkylation sites (tertiary alicyclic amines) is 1. The van der Waals surface area contributed by atoms with Crippen LogP contribution < -0.4 is 15.3 Å². The number of rotatable bonds is 4. The predicted molar refractivity (Wildman–Crippen MR) is 114 cm³/mol. The highest BCUT2D eigenvalue weighted by molar-refractivity contribution is 5.83. The second kappa shape index (κ2) is 8.63. The molecule has 1 fully saturated rings. The van der Waals surface area contributed by atoms with Crippen LogP contribution in [-0.4, -0.2) is 35.8 Å². The number of aromatic nitrogens is 1. The van der Waals surface area contributed by atoms with Crippen LogP contribution in [-0.2, 0) is 0 Å². The molecule has 0 unspecified atom stereocenters. The van der Waals surface area contributed by atoms with Gasteiger partial charge in [-0.3, -0.25) is 0 Å². The molecular formula is C23H30FN3O. The minimum absolute atomic E-state index is 0.251. The van der Waals surface area contributed by atoms with Crippen LogP contribution in [0, 0.1) is 5.82 Å². The van der Waals surface area contributed by atoms with Gasteiger partial charge in [0.2, 0.25) is 0 Å². The van der Waals surface area contributed by atoms with Crippen LogP contribution in [0.1, 0.15) is 47.0 Å². The Bertz CT molecular complexity index is 989. The normalized spacial score (nSPS) is 15.3. The Morgan fingerprint density at radius 1 is 1.07 bits per heavy atom. The van der Waals surface area contributed by atoms with E-state index in [-0.39, 0.29) is 11.6 Å². The van der Waals surface area contributed by atoms with Crippen molar-refractivity contribution in [2.75, 3.05) is 20.2 Å². The van der Waals surface area contributed by atoms with E-state index in [1.807, 2.05) is 19.9 Å². The molecule has 2 aromatic rings. The third-order valence-corrected chi connectivity index (χ3v) is 5.03. The zero-order valence-electron chi connectivity index (χ0n) is 17.5. The van der Waals surface area contributed by atoms with Crippen LogP contribution in [0.25, 0.3) is 22.7 Å². The molecule has 3 rings (SSSR count). The molecular weight excluding hydrogens is 353 g/mol. The van der Waals surface area contributed by atoms with Crippen molar-refractivity contribution >= 4 is 17.1 Å². The van der Waals surface area contributed by atoms with Crippen molar-refractivity contribution in [1.82, 2.24) is 9.88 Å². The van der Waals surface area contributed by atoms with Gasteiger partial charge in [-0.05, 0) is 71.2 Å². The molecule has 0 spiro atoms. The molecule has 0 radical (unpaired) electrons. The molecule has 1 aliphatic rings. The van der Waals surface area contributed by atoms with Gasteiger partial charge in [0.25, 0.3) is 0 Å². The zero-order chi connectivity index (χ0) is 20.3. The summed E-state index contributed by atoms with van der Waals surface area (Å²) in [5.41, 5.74) is 3.89. The van der Waals surface area contributed by atoms with Gasteiger partial charge in [0.1, 0.15) is 0 Å². The minimum atomic E-state index is -0.363.